The quantitative estimate of drug-likeness (QED) is 0.830. The molecular weight excluding hydrogens is 296 g/mol. The zero-order valence-electron chi connectivity index (χ0n) is 11.9. The fourth-order valence-corrected chi connectivity index (χ4v) is 3.50. The Bertz CT molecular complexity index is 521. The van der Waals surface area contributed by atoms with Gasteiger partial charge in [0.25, 0.3) is 0 Å². The van der Waals surface area contributed by atoms with E-state index in [2.05, 4.69) is 15.5 Å². The molecule has 1 aromatic heterocycles. The molecule has 0 saturated carbocycles. The number of urea groups is 1. The van der Waals surface area contributed by atoms with E-state index in [1.54, 1.807) is 6.92 Å². The van der Waals surface area contributed by atoms with Crippen molar-refractivity contribution in [2.24, 2.45) is 0 Å². The van der Waals surface area contributed by atoms with Crippen molar-refractivity contribution in [1.29, 1.82) is 0 Å². The highest BCUT2D eigenvalue weighted by Crippen LogP contribution is 2.31. The third-order valence-corrected chi connectivity index (χ3v) is 4.60. The molecule has 1 aromatic rings. The third kappa shape index (κ3) is 3.66. The lowest BCUT2D eigenvalue weighted by Crippen LogP contribution is -2.50. The maximum absolute atomic E-state index is 12.2. The standard InChI is InChI=1S/C12H18N4O4S/c1-3-10-16(8(6-21-10)11(17)18)12(19)13-5-4-9-14-7(2)15-20-9/h8,10H,3-6H2,1-2H3,(H,13,19)(H,17,18). The largest absolute Gasteiger partial charge is 0.480 e. The van der Waals surface area contributed by atoms with Crippen molar-refractivity contribution in [3.8, 4) is 0 Å². The zero-order valence-corrected chi connectivity index (χ0v) is 12.7. The number of nitrogens with one attached hydrogen (secondary N) is 1. The topological polar surface area (TPSA) is 109 Å². The molecule has 1 aliphatic heterocycles. The second-order valence-electron chi connectivity index (χ2n) is 4.67. The number of carbonyl (C=O) groups excluding carboxylic acids is 1. The summed E-state index contributed by atoms with van der Waals surface area (Å²) in [6.45, 7) is 3.98. The van der Waals surface area contributed by atoms with E-state index < -0.39 is 12.0 Å². The van der Waals surface area contributed by atoms with Crippen molar-refractivity contribution in [2.45, 2.75) is 38.1 Å². The lowest BCUT2D eigenvalue weighted by Gasteiger charge is -2.26. The van der Waals surface area contributed by atoms with Gasteiger partial charge < -0.3 is 14.9 Å². The molecular formula is C12H18N4O4S. The molecule has 1 aliphatic rings. The first-order valence-electron chi connectivity index (χ1n) is 6.72. The Kier molecular flexibility index (Phi) is 5.05. The summed E-state index contributed by atoms with van der Waals surface area (Å²) in [7, 11) is 0. The number of amides is 2. The molecule has 0 bridgehead atoms. The van der Waals surface area contributed by atoms with Gasteiger partial charge in [-0.3, -0.25) is 4.90 Å². The minimum Gasteiger partial charge on any atom is -0.480 e. The smallest absolute Gasteiger partial charge is 0.327 e. The van der Waals surface area contributed by atoms with Crippen LogP contribution < -0.4 is 5.32 Å². The van der Waals surface area contributed by atoms with E-state index in [1.807, 2.05) is 6.92 Å². The molecule has 9 heteroatoms. The van der Waals surface area contributed by atoms with Crippen molar-refractivity contribution in [3.05, 3.63) is 11.7 Å². The summed E-state index contributed by atoms with van der Waals surface area (Å²) in [5.74, 6) is 0.445. The van der Waals surface area contributed by atoms with Gasteiger partial charge in [0, 0.05) is 18.7 Å². The van der Waals surface area contributed by atoms with Crippen LogP contribution in [0.2, 0.25) is 0 Å². The Labute approximate surface area is 126 Å². The van der Waals surface area contributed by atoms with Crippen LogP contribution in [0.15, 0.2) is 4.52 Å². The number of aryl methyl sites for hydroxylation is 1. The van der Waals surface area contributed by atoms with Crippen molar-refractivity contribution in [2.75, 3.05) is 12.3 Å². The van der Waals surface area contributed by atoms with Gasteiger partial charge in [-0.15, -0.1) is 11.8 Å². The van der Waals surface area contributed by atoms with Crippen LogP contribution in [-0.2, 0) is 11.2 Å². The number of aliphatic carboxylic acids is 1. The van der Waals surface area contributed by atoms with E-state index in [0.717, 1.165) is 0 Å². The molecule has 1 saturated heterocycles. The van der Waals surface area contributed by atoms with Crippen LogP contribution in [-0.4, -0.2) is 55.9 Å². The second kappa shape index (κ2) is 6.79. The average Bonchev–Trinajstić information content (AvgIpc) is 3.04. The summed E-state index contributed by atoms with van der Waals surface area (Å²) < 4.78 is 4.95. The molecule has 2 heterocycles. The minimum atomic E-state index is -0.971. The van der Waals surface area contributed by atoms with Gasteiger partial charge in [-0.25, -0.2) is 9.59 Å². The van der Waals surface area contributed by atoms with Gasteiger partial charge in [0.2, 0.25) is 5.89 Å². The average molecular weight is 314 g/mol. The number of carboxylic acid groups (broad SMARTS) is 1. The first kappa shape index (κ1) is 15.6. The Morgan fingerprint density at radius 3 is 2.90 bits per heavy atom. The monoisotopic (exact) mass is 314 g/mol. The predicted molar refractivity (Wildman–Crippen MR) is 75.9 cm³/mol. The highest BCUT2D eigenvalue weighted by Gasteiger charge is 2.40. The van der Waals surface area contributed by atoms with Gasteiger partial charge in [0.15, 0.2) is 5.82 Å². The molecule has 116 valence electrons. The van der Waals surface area contributed by atoms with Crippen molar-refractivity contribution < 1.29 is 19.2 Å². The predicted octanol–water partition coefficient (Wildman–Crippen LogP) is 0.868. The lowest BCUT2D eigenvalue weighted by molar-refractivity contribution is -0.141. The summed E-state index contributed by atoms with van der Waals surface area (Å²) in [4.78, 5) is 28.9. The van der Waals surface area contributed by atoms with E-state index in [9.17, 15) is 14.7 Å². The highest BCUT2D eigenvalue weighted by atomic mass is 32.2. The van der Waals surface area contributed by atoms with Gasteiger partial charge in [-0.1, -0.05) is 12.1 Å². The Hall–Kier alpha value is -1.77. The fourth-order valence-electron chi connectivity index (χ4n) is 2.15. The van der Waals surface area contributed by atoms with Gasteiger partial charge in [-0.05, 0) is 13.3 Å². The number of hydrogen-bond acceptors (Lipinski definition) is 6. The number of thioether (sulfide) groups is 1. The number of aromatic nitrogens is 2. The minimum absolute atomic E-state index is 0.100. The SMILES string of the molecule is CCC1SCC(C(=O)O)N1C(=O)NCCc1nc(C)no1. The maximum atomic E-state index is 12.2. The Morgan fingerprint density at radius 1 is 1.57 bits per heavy atom. The van der Waals surface area contributed by atoms with Gasteiger partial charge in [0.05, 0.1) is 5.37 Å². The van der Waals surface area contributed by atoms with Crippen LogP contribution in [0.4, 0.5) is 4.79 Å². The van der Waals surface area contributed by atoms with Crippen LogP contribution in [0, 0.1) is 6.92 Å². The normalized spacial score (nSPS) is 21.5. The molecule has 1 fully saturated rings. The van der Waals surface area contributed by atoms with Crippen LogP contribution in [0.3, 0.4) is 0 Å². The first-order chi connectivity index (χ1) is 10.0. The third-order valence-electron chi connectivity index (χ3n) is 3.15. The van der Waals surface area contributed by atoms with E-state index in [1.165, 1.54) is 16.7 Å². The molecule has 2 atom stereocenters. The number of rotatable bonds is 5. The van der Waals surface area contributed by atoms with Crippen LogP contribution >= 0.6 is 11.8 Å². The highest BCUT2D eigenvalue weighted by molar-refractivity contribution is 8.00. The Balaban J connectivity index is 1.89. The molecule has 0 aromatic carbocycles. The summed E-state index contributed by atoms with van der Waals surface area (Å²) >= 11 is 1.49. The van der Waals surface area contributed by atoms with E-state index in [4.69, 9.17) is 4.52 Å². The van der Waals surface area contributed by atoms with Crippen LogP contribution in [0.1, 0.15) is 25.1 Å². The number of carboxylic acids is 1. The molecule has 21 heavy (non-hydrogen) atoms. The summed E-state index contributed by atoms with van der Waals surface area (Å²) in [6, 6.07) is -1.14. The van der Waals surface area contributed by atoms with Gasteiger partial charge in [-0.2, -0.15) is 4.98 Å². The molecule has 0 aliphatic carbocycles. The Morgan fingerprint density at radius 2 is 2.33 bits per heavy atom. The summed E-state index contributed by atoms with van der Waals surface area (Å²) in [5.41, 5.74) is 0. The molecule has 8 nitrogen and oxygen atoms in total. The number of carbonyl (C=O) groups is 2. The zero-order chi connectivity index (χ0) is 15.4. The van der Waals surface area contributed by atoms with Gasteiger partial charge >= 0.3 is 12.0 Å². The second-order valence-corrected chi connectivity index (χ2v) is 5.89. The first-order valence-corrected chi connectivity index (χ1v) is 7.77. The molecule has 2 N–H and O–H groups in total. The molecule has 2 unspecified atom stereocenters. The molecule has 0 spiro atoms. The van der Waals surface area contributed by atoms with Crippen molar-refractivity contribution in [3.63, 3.8) is 0 Å². The molecule has 0 radical (unpaired) electrons. The van der Waals surface area contributed by atoms with Crippen LogP contribution in [0.25, 0.3) is 0 Å². The van der Waals surface area contributed by atoms with E-state index in [0.29, 0.717) is 36.9 Å². The van der Waals surface area contributed by atoms with Gasteiger partial charge in [0.1, 0.15) is 6.04 Å². The van der Waals surface area contributed by atoms with Crippen LogP contribution in [0.5, 0.6) is 0 Å². The van der Waals surface area contributed by atoms with Crippen molar-refractivity contribution in [1.82, 2.24) is 20.4 Å². The maximum Gasteiger partial charge on any atom is 0.327 e. The summed E-state index contributed by atoms with van der Waals surface area (Å²) in [5, 5.41) is 15.5. The molecule has 2 amide bonds. The van der Waals surface area contributed by atoms with E-state index >= 15 is 0 Å². The lowest BCUT2D eigenvalue weighted by atomic mass is 10.3. The summed E-state index contributed by atoms with van der Waals surface area (Å²) in [6.07, 6.45) is 1.13. The van der Waals surface area contributed by atoms with Crippen molar-refractivity contribution >= 4 is 23.8 Å². The fraction of sp³-hybridized carbons (Fsp3) is 0.667. The van der Waals surface area contributed by atoms with E-state index in [-0.39, 0.29) is 11.4 Å². The number of nitrogens with zero attached hydrogens (tertiary/aromatic N) is 3. The molecule has 2 rings (SSSR count). The number of hydrogen-bond donors (Lipinski definition) is 2.